The Bertz CT molecular complexity index is 1490. The van der Waals surface area contributed by atoms with Crippen molar-refractivity contribution < 1.29 is 5.11 Å². The van der Waals surface area contributed by atoms with Crippen LogP contribution in [-0.4, -0.2) is 51.1 Å². The van der Waals surface area contributed by atoms with Gasteiger partial charge in [0.05, 0.1) is 12.3 Å². The van der Waals surface area contributed by atoms with Crippen LogP contribution < -0.4 is 4.90 Å². The molecule has 1 aromatic heterocycles. The van der Waals surface area contributed by atoms with Crippen LogP contribution in [0, 0.1) is 6.92 Å². The first-order chi connectivity index (χ1) is 18.3. The third-order valence-electron chi connectivity index (χ3n) is 6.81. The highest BCUT2D eigenvalue weighted by Crippen LogP contribution is 2.29. The highest BCUT2D eigenvalue weighted by Gasteiger charge is 2.29. The number of hydrogen-bond acceptors (Lipinski definition) is 6. The molecular formula is C31H34N6O. The second-order valence-electron chi connectivity index (χ2n) is 10.5. The van der Waals surface area contributed by atoms with Crippen LogP contribution in [-0.2, 0) is 5.41 Å². The van der Waals surface area contributed by atoms with E-state index in [4.69, 9.17) is 20.2 Å². The number of anilines is 1. The predicted molar refractivity (Wildman–Crippen MR) is 155 cm³/mol. The molecule has 2 heterocycles. The van der Waals surface area contributed by atoms with Gasteiger partial charge in [0.2, 0.25) is 5.82 Å². The van der Waals surface area contributed by atoms with Crippen molar-refractivity contribution in [1.82, 2.24) is 14.9 Å². The molecule has 0 amide bonds. The van der Waals surface area contributed by atoms with Gasteiger partial charge < -0.3 is 10.0 Å². The Morgan fingerprint density at radius 3 is 2.32 bits per heavy atom. The van der Waals surface area contributed by atoms with Crippen LogP contribution in [0.25, 0.3) is 11.4 Å². The zero-order valence-electron chi connectivity index (χ0n) is 22.7. The van der Waals surface area contributed by atoms with E-state index in [9.17, 15) is 5.11 Å². The molecule has 0 atom stereocenters. The highest BCUT2D eigenvalue weighted by molar-refractivity contribution is 6.54. The number of hydrogen-bond donors (Lipinski definition) is 1. The zero-order valence-corrected chi connectivity index (χ0v) is 22.7. The number of likely N-dealkylation sites (N-methyl/N-ethyl adjacent to an activating group) is 1. The molecule has 38 heavy (non-hydrogen) atoms. The number of aliphatic hydroxyl groups is 1. The van der Waals surface area contributed by atoms with Gasteiger partial charge in [0, 0.05) is 29.9 Å². The number of aliphatic hydroxyl groups excluding tert-OH is 1. The number of aryl methyl sites for hydroxylation is 1. The number of fused-ring (bicyclic) bond motifs is 1. The smallest absolute Gasteiger partial charge is 0.204 e. The van der Waals surface area contributed by atoms with E-state index >= 15 is 0 Å². The van der Waals surface area contributed by atoms with Crippen LogP contribution >= 0.6 is 0 Å². The highest BCUT2D eigenvalue weighted by atomic mass is 16.3. The molecule has 5 rings (SSSR count). The summed E-state index contributed by atoms with van der Waals surface area (Å²) in [6, 6.07) is 24.6. The summed E-state index contributed by atoms with van der Waals surface area (Å²) >= 11 is 0. The average Bonchev–Trinajstić information content (AvgIpc) is 3.47. The van der Waals surface area contributed by atoms with Gasteiger partial charge in [0.1, 0.15) is 11.4 Å². The van der Waals surface area contributed by atoms with Gasteiger partial charge in [-0.1, -0.05) is 75.4 Å². The lowest BCUT2D eigenvalue weighted by Crippen LogP contribution is -2.26. The quantitative estimate of drug-likeness (QED) is 0.346. The summed E-state index contributed by atoms with van der Waals surface area (Å²) in [5.74, 6) is 1.25. The van der Waals surface area contributed by atoms with Crippen LogP contribution in [0.5, 0.6) is 0 Å². The normalized spacial score (nSPS) is 14.1. The summed E-state index contributed by atoms with van der Waals surface area (Å²) in [5, 5.41) is 18.9. The molecule has 7 nitrogen and oxygen atoms in total. The maximum Gasteiger partial charge on any atom is 0.204 e. The summed E-state index contributed by atoms with van der Waals surface area (Å²) in [5.41, 5.74) is 7.64. The number of nitrogens with zero attached hydrogens (tertiary/aromatic N) is 6. The first kappa shape index (κ1) is 25.5. The number of benzene rings is 3. The minimum atomic E-state index is 0.0796. The molecule has 1 aliphatic heterocycles. The summed E-state index contributed by atoms with van der Waals surface area (Å²) in [6.07, 6.45) is 0. The van der Waals surface area contributed by atoms with Crippen molar-refractivity contribution in [3.8, 4) is 11.4 Å². The average molecular weight is 507 g/mol. The van der Waals surface area contributed by atoms with Gasteiger partial charge in [0.25, 0.3) is 0 Å². The van der Waals surface area contributed by atoms with Gasteiger partial charge in [-0.15, -0.1) is 15.0 Å². The number of rotatable bonds is 7. The van der Waals surface area contributed by atoms with E-state index in [1.807, 2.05) is 42.5 Å². The van der Waals surface area contributed by atoms with Crippen molar-refractivity contribution in [3.63, 3.8) is 0 Å². The molecular weight excluding hydrogens is 472 g/mol. The molecule has 0 spiro atoms. The molecule has 1 aliphatic rings. The van der Waals surface area contributed by atoms with Gasteiger partial charge >= 0.3 is 0 Å². The molecule has 194 valence electrons. The summed E-state index contributed by atoms with van der Waals surface area (Å²) in [7, 11) is 0. The van der Waals surface area contributed by atoms with Crippen molar-refractivity contribution in [2.75, 3.05) is 24.6 Å². The predicted octanol–water partition coefficient (Wildman–Crippen LogP) is 5.76. The summed E-state index contributed by atoms with van der Waals surface area (Å²) in [6.45, 7) is 12.3. The SMILES string of the molecule is CCN(CCO)c1ccc(N=C2C(c3ccccc3)=Nn3nc(-c4ccc(C(C)(C)C)cc4)nc32)c(C)c1. The second kappa shape index (κ2) is 10.3. The number of aromatic nitrogens is 3. The largest absolute Gasteiger partial charge is 0.395 e. The van der Waals surface area contributed by atoms with Crippen molar-refractivity contribution in [2.24, 2.45) is 10.1 Å². The molecule has 7 heteroatoms. The minimum Gasteiger partial charge on any atom is -0.395 e. The fourth-order valence-electron chi connectivity index (χ4n) is 4.58. The fourth-order valence-corrected chi connectivity index (χ4v) is 4.58. The van der Waals surface area contributed by atoms with E-state index in [1.165, 1.54) is 5.56 Å². The fraction of sp³-hybridized carbons (Fsp3) is 0.290. The molecule has 0 fully saturated rings. The van der Waals surface area contributed by atoms with E-state index < -0.39 is 0 Å². The van der Waals surface area contributed by atoms with E-state index in [0.717, 1.165) is 40.3 Å². The van der Waals surface area contributed by atoms with Crippen molar-refractivity contribution in [3.05, 3.63) is 95.3 Å². The summed E-state index contributed by atoms with van der Waals surface area (Å²) < 4.78 is 0. The van der Waals surface area contributed by atoms with Gasteiger partial charge in [-0.05, 0) is 48.6 Å². The third kappa shape index (κ3) is 5.02. The van der Waals surface area contributed by atoms with E-state index in [2.05, 4.69) is 69.9 Å². The van der Waals surface area contributed by atoms with Gasteiger partial charge in [-0.25, -0.2) is 9.98 Å². The van der Waals surface area contributed by atoms with E-state index in [-0.39, 0.29) is 12.0 Å². The molecule has 3 aromatic carbocycles. The van der Waals surface area contributed by atoms with Crippen molar-refractivity contribution in [2.45, 2.75) is 40.0 Å². The van der Waals surface area contributed by atoms with Crippen LogP contribution in [0.1, 0.15) is 50.2 Å². The monoisotopic (exact) mass is 506 g/mol. The van der Waals surface area contributed by atoms with Gasteiger partial charge in [0.15, 0.2) is 5.82 Å². The Morgan fingerprint density at radius 1 is 0.947 bits per heavy atom. The molecule has 0 unspecified atom stereocenters. The van der Waals surface area contributed by atoms with Gasteiger partial charge in [-0.3, -0.25) is 0 Å². The maximum atomic E-state index is 9.41. The minimum absolute atomic E-state index is 0.0796. The first-order valence-corrected chi connectivity index (χ1v) is 13.1. The second-order valence-corrected chi connectivity index (χ2v) is 10.5. The van der Waals surface area contributed by atoms with Crippen LogP contribution in [0.4, 0.5) is 11.4 Å². The molecule has 0 aliphatic carbocycles. The standard InChI is InChI=1S/C31H34N6O/c1-6-36(18-19-38)25-16-17-26(21(2)20-25)32-28-27(22-10-8-7-9-11-22)34-37-30(28)33-29(35-37)23-12-14-24(15-13-23)31(3,4)5/h7-17,20,38H,6,18-19H2,1-5H3. The molecule has 1 N–H and O–H groups in total. The Morgan fingerprint density at radius 2 is 1.68 bits per heavy atom. The molecule has 0 saturated carbocycles. The van der Waals surface area contributed by atoms with Gasteiger partial charge in [-0.2, -0.15) is 0 Å². The van der Waals surface area contributed by atoms with Crippen molar-refractivity contribution >= 4 is 22.8 Å². The Labute approximate surface area is 224 Å². The third-order valence-corrected chi connectivity index (χ3v) is 6.81. The first-order valence-electron chi connectivity index (χ1n) is 13.1. The topological polar surface area (TPSA) is 78.9 Å². The Balaban J connectivity index is 1.56. The maximum absolute atomic E-state index is 9.41. The summed E-state index contributed by atoms with van der Waals surface area (Å²) in [4.78, 5) is 13.7. The lowest BCUT2D eigenvalue weighted by molar-refractivity contribution is 0.302. The molecule has 0 bridgehead atoms. The van der Waals surface area contributed by atoms with Crippen molar-refractivity contribution in [1.29, 1.82) is 0 Å². The lowest BCUT2D eigenvalue weighted by atomic mass is 9.87. The molecule has 0 saturated heterocycles. The molecule has 4 aromatic rings. The van der Waals surface area contributed by atoms with Crippen LogP contribution in [0.3, 0.4) is 0 Å². The Kier molecular flexibility index (Phi) is 6.95. The van der Waals surface area contributed by atoms with Crippen LogP contribution in [0.2, 0.25) is 0 Å². The van der Waals surface area contributed by atoms with E-state index in [1.54, 1.807) is 4.79 Å². The lowest BCUT2D eigenvalue weighted by Gasteiger charge is -2.22. The van der Waals surface area contributed by atoms with Crippen LogP contribution in [0.15, 0.2) is 82.9 Å². The Hall–Kier alpha value is -4.10. The molecule has 0 radical (unpaired) electrons. The zero-order chi connectivity index (χ0) is 26.9. The number of aliphatic imine (C=N–C) groups is 1. The van der Waals surface area contributed by atoms with E-state index in [0.29, 0.717) is 23.9 Å².